The number of aromatic nitrogens is 1. The number of pyridine rings is 1. The quantitative estimate of drug-likeness (QED) is 0.887. The van der Waals surface area contributed by atoms with Crippen molar-refractivity contribution in [2.45, 2.75) is 37.8 Å². The van der Waals surface area contributed by atoms with E-state index in [9.17, 15) is 8.42 Å². The van der Waals surface area contributed by atoms with Gasteiger partial charge in [0.1, 0.15) is 5.82 Å². The first-order chi connectivity index (χ1) is 10.5. The van der Waals surface area contributed by atoms with Gasteiger partial charge in [0.15, 0.2) is 0 Å². The van der Waals surface area contributed by atoms with Crippen LogP contribution in [-0.4, -0.2) is 54.8 Å². The predicted octanol–water partition coefficient (Wildman–Crippen LogP) is 1.47. The molecule has 0 aliphatic carbocycles. The molecule has 0 radical (unpaired) electrons. The summed E-state index contributed by atoms with van der Waals surface area (Å²) in [5, 5.41) is 3.37. The van der Waals surface area contributed by atoms with Crippen molar-refractivity contribution in [3.05, 3.63) is 24.4 Å². The Morgan fingerprint density at radius 1 is 1.50 bits per heavy atom. The number of nitrogens with one attached hydrogen (secondary N) is 1. The highest BCUT2D eigenvalue weighted by Gasteiger charge is 2.48. The minimum Gasteiger partial charge on any atom is -0.371 e. The lowest BCUT2D eigenvalue weighted by Gasteiger charge is -2.23. The van der Waals surface area contributed by atoms with E-state index in [1.54, 1.807) is 10.5 Å². The lowest BCUT2D eigenvalue weighted by molar-refractivity contribution is 0.0173. The molecule has 3 rings (SSSR count). The number of hydrogen-bond donors (Lipinski definition) is 1. The molecular formula is C15H23N3O3S. The van der Waals surface area contributed by atoms with Crippen molar-refractivity contribution in [2.75, 3.05) is 30.8 Å². The molecule has 0 aromatic carbocycles. The van der Waals surface area contributed by atoms with E-state index in [0.717, 1.165) is 18.7 Å². The minimum atomic E-state index is -3.13. The smallest absolute Gasteiger partial charge is 0.214 e. The third-order valence-electron chi connectivity index (χ3n) is 4.36. The molecule has 22 heavy (non-hydrogen) atoms. The first-order valence-corrected chi connectivity index (χ1v) is 9.43. The van der Waals surface area contributed by atoms with Gasteiger partial charge >= 0.3 is 0 Å². The summed E-state index contributed by atoms with van der Waals surface area (Å²) >= 11 is 0. The second kappa shape index (κ2) is 6.14. The van der Waals surface area contributed by atoms with Crippen molar-refractivity contribution < 1.29 is 13.2 Å². The maximum absolute atomic E-state index is 12.2. The van der Waals surface area contributed by atoms with Crippen LogP contribution in [0.4, 0.5) is 5.82 Å². The number of nitrogens with zero attached hydrogens (tertiary/aromatic N) is 2. The molecule has 3 heterocycles. The van der Waals surface area contributed by atoms with E-state index in [-0.39, 0.29) is 17.4 Å². The molecule has 0 saturated carbocycles. The average molecular weight is 325 g/mol. The van der Waals surface area contributed by atoms with Crippen LogP contribution in [0.3, 0.4) is 0 Å². The molecule has 2 unspecified atom stereocenters. The maximum Gasteiger partial charge on any atom is 0.214 e. The molecule has 122 valence electrons. The summed E-state index contributed by atoms with van der Waals surface area (Å²) in [6.45, 7) is 3.54. The fourth-order valence-electron chi connectivity index (χ4n) is 3.31. The molecule has 1 spiro atoms. The SMILES string of the molecule is CCCS(=O)(=O)N1CCC2(CC(Nc3ccccn3)CO2)C1. The van der Waals surface area contributed by atoms with Crippen LogP contribution in [0.15, 0.2) is 24.4 Å². The van der Waals surface area contributed by atoms with Gasteiger partial charge in [0.25, 0.3) is 0 Å². The van der Waals surface area contributed by atoms with E-state index in [0.29, 0.717) is 26.1 Å². The first-order valence-electron chi connectivity index (χ1n) is 7.82. The molecule has 2 fully saturated rings. The zero-order chi connectivity index (χ0) is 15.6. The normalized spacial score (nSPS) is 29.2. The second-order valence-corrected chi connectivity index (χ2v) is 8.24. The van der Waals surface area contributed by atoms with Crippen molar-refractivity contribution in [2.24, 2.45) is 0 Å². The number of anilines is 1. The van der Waals surface area contributed by atoms with Crippen LogP contribution >= 0.6 is 0 Å². The Hall–Kier alpha value is -1.18. The van der Waals surface area contributed by atoms with Gasteiger partial charge in [-0.3, -0.25) is 0 Å². The molecular weight excluding hydrogens is 302 g/mol. The third-order valence-corrected chi connectivity index (χ3v) is 6.39. The summed E-state index contributed by atoms with van der Waals surface area (Å²) in [6, 6.07) is 5.93. The molecule has 2 atom stereocenters. The Bertz CT molecular complexity index is 608. The van der Waals surface area contributed by atoms with Crippen molar-refractivity contribution in [3.63, 3.8) is 0 Å². The molecule has 2 saturated heterocycles. The summed E-state index contributed by atoms with van der Waals surface area (Å²) < 4.78 is 32.0. The van der Waals surface area contributed by atoms with E-state index in [4.69, 9.17) is 4.74 Å². The molecule has 2 aliphatic rings. The standard InChI is InChI=1S/C15H23N3O3S/c1-2-9-22(19,20)18-8-6-15(12-18)10-13(11-21-15)17-14-5-3-4-7-16-14/h3-5,7,13H,2,6,8-12H2,1H3,(H,16,17). The summed E-state index contributed by atoms with van der Waals surface area (Å²) in [6.07, 6.45) is 4.00. The summed E-state index contributed by atoms with van der Waals surface area (Å²) in [4.78, 5) is 4.26. The van der Waals surface area contributed by atoms with Crippen molar-refractivity contribution in [1.29, 1.82) is 0 Å². The van der Waals surface area contributed by atoms with E-state index < -0.39 is 10.0 Å². The van der Waals surface area contributed by atoms with Crippen molar-refractivity contribution in [1.82, 2.24) is 9.29 Å². The molecule has 6 nitrogen and oxygen atoms in total. The third kappa shape index (κ3) is 3.26. The van der Waals surface area contributed by atoms with E-state index in [1.807, 2.05) is 25.1 Å². The van der Waals surface area contributed by atoms with Gasteiger partial charge in [0.2, 0.25) is 10.0 Å². The Morgan fingerprint density at radius 2 is 2.36 bits per heavy atom. The topological polar surface area (TPSA) is 71.5 Å². The van der Waals surface area contributed by atoms with Gasteiger partial charge in [-0.25, -0.2) is 13.4 Å². The van der Waals surface area contributed by atoms with Crippen molar-refractivity contribution in [3.8, 4) is 0 Å². The fourth-order valence-corrected chi connectivity index (χ4v) is 4.89. The molecule has 1 aromatic heterocycles. The van der Waals surface area contributed by atoms with Gasteiger partial charge in [-0.15, -0.1) is 0 Å². The largest absolute Gasteiger partial charge is 0.371 e. The van der Waals surface area contributed by atoms with Crippen LogP contribution in [0.5, 0.6) is 0 Å². The van der Waals surface area contributed by atoms with E-state index in [2.05, 4.69) is 10.3 Å². The molecule has 7 heteroatoms. The summed E-state index contributed by atoms with van der Waals surface area (Å²) in [5.41, 5.74) is -0.326. The molecule has 0 amide bonds. The van der Waals surface area contributed by atoms with E-state index >= 15 is 0 Å². The van der Waals surface area contributed by atoms with Gasteiger partial charge in [-0.05, 0) is 25.0 Å². The number of hydrogen-bond acceptors (Lipinski definition) is 5. The molecule has 1 aromatic rings. The van der Waals surface area contributed by atoms with Gasteiger partial charge in [0, 0.05) is 25.7 Å². The highest BCUT2D eigenvalue weighted by atomic mass is 32.2. The van der Waals surface area contributed by atoms with Crippen LogP contribution in [0.25, 0.3) is 0 Å². The number of rotatable bonds is 5. The Kier molecular flexibility index (Phi) is 4.38. The van der Waals surface area contributed by atoms with Gasteiger partial charge in [-0.2, -0.15) is 4.31 Å². The monoisotopic (exact) mass is 325 g/mol. The number of sulfonamides is 1. The highest BCUT2D eigenvalue weighted by Crippen LogP contribution is 2.37. The number of ether oxygens (including phenoxy) is 1. The van der Waals surface area contributed by atoms with Gasteiger partial charge < -0.3 is 10.1 Å². The lowest BCUT2D eigenvalue weighted by atomic mass is 9.97. The Morgan fingerprint density at radius 3 is 3.09 bits per heavy atom. The van der Waals surface area contributed by atoms with E-state index in [1.165, 1.54) is 0 Å². The molecule has 2 aliphatic heterocycles. The Labute approximate surface area is 131 Å². The lowest BCUT2D eigenvalue weighted by Crippen LogP contribution is -2.37. The minimum absolute atomic E-state index is 0.184. The van der Waals surface area contributed by atoms with Crippen molar-refractivity contribution >= 4 is 15.8 Å². The van der Waals surface area contributed by atoms with Crippen LogP contribution in [0.2, 0.25) is 0 Å². The van der Waals surface area contributed by atoms with Crippen LogP contribution in [-0.2, 0) is 14.8 Å². The second-order valence-electron chi connectivity index (χ2n) is 6.15. The predicted molar refractivity (Wildman–Crippen MR) is 85.2 cm³/mol. The molecule has 0 bridgehead atoms. The van der Waals surface area contributed by atoms with Gasteiger partial charge in [-0.1, -0.05) is 13.0 Å². The fraction of sp³-hybridized carbons (Fsp3) is 0.667. The Balaban J connectivity index is 1.61. The summed E-state index contributed by atoms with van der Waals surface area (Å²) in [5.74, 6) is 1.06. The summed E-state index contributed by atoms with van der Waals surface area (Å²) in [7, 11) is -3.13. The van der Waals surface area contributed by atoms with Crippen LogP contribution in [0, 0.1) is 0 Å². The molecule has 1 N–H and O–H groups in total. The average Bonchev–Trinajstić information content (AvgIpc) is 3.08. The van der Waals surface area contributed by atoms with Gasteiger partial charge in [0.05, 0.1) is 24.0 Å². The maximum atomic E-state index is 12.2. The van der Waals surface area contributed by atoms with Crippen LogP contribution < -0.4 is 5.32 Å². The highest BCUT2D eigenvalue weighted by molar-refractivity contribution is 7.89. The van der Waals surface area contributed by atoms with Crippen LogP contribution in [0.1, 0.15) is 26.2 Å². The zero-order valence-corrected chi connectivity index (χ0v) is 13.7. The zero-order valence-electron chi connectivity index (χ0n) is 12.9. The first kappa shape index (κ1) is 15.7.